The monoisotopic (exact) mass is 392 g/mol. The quantitative estimate of drug-likeness (QED) is 0.533. The molecule has 0 bridgehead atoms. The molecule has 0 spiro atoms. The molecule has 8 heteroatoms. The van der Waals surface area contributed by atoms with Gasteiger partial charge in [-0.3, -0.25) is 0 Å². The van der Waals surface area contributed by atoms with Crippen LogP contribution in [-0.4, -0.2) is 31.7 Å². The van der Waals surface area contributed by atoms with Crippen LogP contribution in [0.2, 0.25) is 5.02 Å². The van der Waals surface area contributed by atoms with Crippen LogP contribution in [0.15, 0.2) is 41.3 Å². The van der Waals surface area contributed by atoms with Gasteiger partial charge in [0.2, 0.25) is 5.95 Å². The Morgan fingerprint density at radius 2 is 2.07 bits per heavy atom. The van der Waals surface area contributed by atoms with Crippen LogP contribution in [0.25, 0.3) is 33.6 Å². The van der Waals surface area contributed by atoms with Crippen molar-refractivity contribution in [1.82, 2.24) is 25.1 Å². The summed E-state index contributed by atoms with van der Waals surface area (Å²) >= 11 is 6.49. The standard InChI is InChI=1S/C20H17ClN6O/c1-11-14-7-13(8-15(21)18(14)24-10-23-11)17-19(16-3-2-6-28-16)25-20(27-26-17)22-9-12-4-5-12/h2-3,6-8,10,12H,4-5,9H2,1H3,(H,22,25,27). The van der Waals surface area contributed by atoms with Gasteiger partial charge in [0.25, 0.3) is 0 Å². The third-order valence-electron chi connectivity index (χ3n) is 4.85. The minimum atomic E-state index is 0.494. The van der Waals surface area contributed by atoms with Crippen molar-refractivity contribution in [2.24, 2.45) is 5.92 Å². The zero-order valence-electron chi connectivity index (χ0n) is 15.2. The number of hydrogen-bond donors (Lipinski definition) is 1. The maximum atomic E-state index is 6.49. The fraction of sp³-hybridized carbons (Fsp3) is 0.250. The first kappa shape index (κ1) is 17.1. The number of fused-ring (bicyclic) bond motifs is 1. The highest BCUT2D eigenvalue weighted by Gasteiger charge is 2.22. The SMILES string of the molecule is Cc1ncnc2c(Cl)cc(-c3nnc(NCC4CC4)nc3-c3ccco3)cc12. The van der Waals surface area contributed by atoms with Crippen LogP contribution in [0.4, 0.5) is 5.95 Å². The van der Waals surface area contributed by atoms with E-state index >= 15 is 0 Å². The van der Waals surface area contributed by atoms with E-state index in [-0.39, 0.29) is 0 Å². The van der Waals surface area contributed by atoms with Crippen molar-refractivity contribution in [2.45, 2.75) is 19.8 Å². The Labute approximate surface area is 166 Å². The molecule has 1 aliphatic rings. The second-order valence-corrected chi connectivity index (χ2v) is 7.35. The van der Waals surface area contributed by atoms with Gasteiger partial charge in [-0.05, 0) is 49.9 Å². The highest BCUT2D eigenvalue weighted by Crippen LogP contribution is 2.35. The molecule has 0 aliphatic heterocycles. The summed E-state index contributed by atoms with van der Waals surface area (Å²) in [5.41, 5.74) is 3.55. The normalized spacial score (nSPS) is 13.8. The van der Waals surface area contributed by atoms with Crippen LogP contribution in [0.3, 0.4) is 0 Å². The van der Waals surface area contributed by atoms with E-state index < -0.39 is 0 Å². The molecular weight excluding hydrogens is 376 g/mol. The summed E-state index contributed by atoms with van der Waals surface area (Å²) in [5, 5.41) is 13.4. The average molecular weight is 393 g/mol. The number of anilines is 1. The van der Waals surface area contributed by atoms with Gasteiger partial charge in [0, 0.05) is 23.2 Å². The van der Waals surface area contributed by atoms with E-state index in [1.54, 1.807) is 6.26 Å². The van der Waals surface area contributed by atoms with Gasteiger partial charge in [-0.25, -0.2) is 15.0 Å². The fourth-order valence-electron chi connectivity index (χ4n) is 3.12. The van der Waals surface area contributed by atoms with E-state index in [0.29, 0.717) is 39.6 Å². The molecule has 0 amide bonds. The fourth-order valence-corrected chi connectivity index (χ4v) is 3.39. The van der Waals surface area contributed by atoms with E-state index in [2.05, 4.69) is 30.5 Å². The lowest BCUT2D eigenvalue weighted by Crippen LogP contribution is -2.09. The van der Waals surface area contributed by atoms with Gasteiger partial charge in [0.05, 0.1) is 16.8 Å². The summed E-state index contributed by atoms with van der Waals surface area (Å²) < 4.78 is 5.60. The molecule has 3 heterocycles. The summed E-state index contributed by atoms with van der Waals surface area (Å²) in [6.45, 7) is 2.78. The maximum Gasteiger partial charge on any atom is 0.243 e. The first-order valence-electron chi connectivity index (χ1n) is 9.13. The van der Waals surface area contributed by atoms with Crippen molar-refractivity contribution >= 4 is 28.5 Å². The van der Waals surface area contributed by atoms with Crippen molar-refractivity contribution in [3.05, 3.63) is 47.6 Å². The smallest absolute Gasteiger partial charge is 0.243 e. The number of halogens is 1. The van der Waals surface area contributed by atoms with E-state index in [4.69, 9.17) is 16.0 Å². The Hall–Kier alpha value is -3.06. The Morgan fingerprint density at radius 3 is 2.86 bits per heavy atom. The number of benzene rings is 1. The number of aromatic nitrogens is 5. The van der Waals surface area contributed by atoms with Crippen LogP contribution in [0.1, 0.15) is 18.5 Å². The van der Waals surface area contributed by atoms with Gasteiger partial charge >= 0.3 is 0 Å². The second kappa shape index (κ2) is 6.83. The third kappa shape index (κ3) is 3.18. The van der Waals surface area contributed by atoms with Gasteiger partial charge < -0.3 is 9.73 Å². The van der Waals surface area contributed by atoms with Crippen LogP contribution < -0.4 is 5.32 Å². The molecule has 0 unspecified atom stereocenters. The predicted molar refractivity (Wildman–Crippen MR) is 107 cm³/mol. The Kier molecular flexibility index (Phi) is 4.16. The van der Waals surface area contributed by atoms with Crippen molar-refractivity contribution in [3.63, 3.8) is 0 Å². The molecule has 4 aromatic rings. The summed E-state index contributed by atoms with van der Waals surface area (Å²) in [6.07, 6.45) is 5.63. The van der Waals surface area contributed by atoms with E-state index in [0.717, 1.165) is 23.2 Å². The molecule has 3 aromatic heterocycles. The minimum absolute atomic E-state index is 0.494. The molecule has 7 nitrogen and oxygen atoms in total. The first-order chi connectivity index (χ1) is 13.7. The Morgan fingerprint density at radius 1 is 1.18 bits per heavy atom. The van der Waals surface area contributed by atoms with E-state index in [9.17, 15) is 0 Å². The van der Waals surface area contributed by atoms with Gasteiger partial charge in [0.1, 0.15) is 17.7 Å². The van der Waals surface area contributed by atoms with Crippen molar-refractivity contribution < 1.29 is 4.42 Å². The lowest BCUT2D eigenvalue weighted by Gasteiger charge is -2.10. The molecule has 0 atom stereocenters. The molecule has 1 aliphatic carbocycles. The number of furan rings is 1. The van der Waals surface area contributed by atoms with Crippen molar-refractivity contribution in [2.75, 3.05) is 11.9 Å². The average Bonchev–Trinajstić information content (AvgIpc) is 3.38. The number of nitrogens with zero attached hydrogens (tertiary/aromatic N) is 5. The third-order valence-corrected chi connectivity index (χ3v) is 5.14. The van der Waals surface area contributed by atoms with Crippen molar-refractivity contribution in [3.8, 4) is 22.7 Å². The highest BCUT2D eigenvalue weighted by atomic mass is 35.5. The van der Waals surface area contributed by atoms with Crippen molar-refractivity contribution in [1.29, 1.82) is 0 Å². The maximum absolute atomic E-state index is 6.49. The zero-order valence-corrected chi connectivity index (χ0v) is 15.9. The van der Waals surface area contributed by atoms with E-state index in [1.165, 1.54) is 19.2 Å². The molecule has 1 saturated carbocycles. The minimum Gasteiger partial charge on any atom is -0.463 e. The summed E-state index contributed by atoms with van der Waals surface area (Å²) in [6, 6.07) is 7.47. The number of aryl methyl sites for hydroxylation is 1. The largest absolute Gasteiger partial charge is 0.463 e. The molecule has 1 aromatic carbocycles. The molecule has 0 radical (unpaired) electrons. The molecular formula is C20H17ClN6O. The Balaban J connectivity index is 1.64. The first-order valence-corrected chi connectivity index (χ1v) is 9.50. The summed E-state index contributed by atoms with van der Waals surface area (Å²) in [5.74, 6) is 1.82. The molecule has 1 N–H and O–H groups in total. The molecule has 140 valence electrons. The van der Waals surface area contributed by atoms with Crippen LogP contribution in [0, 0.1) is 12.8 Å². The number of hydrogen-bond acceptors (Lipinski definition) is 7. The molecule has 28 heavy (non-hydrogen) atoms. The lowest BCUT2D eigenvalue weighted by molar-refractivity contribution is 0.579. The topological polar surface area (TPSA) is 89.6 Å². The highest BCUT2D eigenvalue weighted by molar-refractivity contribution is 6.35. The molecule has 1 fully saturated rings. The second-order valence-electron chi connectivity index (χ2n) is 6.95. The van der Waals surface area contributed by atoms with Crippen LogP contribution in [-0.2, 0) is 0 Å². The van der Waals surface area contributed by atoms with Gasteiger partial charge in [-0.15, -0.1) is 10.2 Å². The molecule has 5 rings (SSSR count). The van der Waals surface area contributed by atoms with Crippen LogP contribution in [0.5, 0.6) is 0 Å². The lowest BCUT2D eigenvalue weighted by atomic mass is 10.0. The van der Waals surface area contributed by atoms with Crippen LogP contribution >= 0.6 is 11.6 Å². The van der Waals surface area contributed by atoms with Gasteiger partial charge in [-0.2, -0.15) is 0 Å². The summed E-state index contributed by atoms with van der Waals surface area (Å²) in [4.78, 5) is 13.2. The Bertz CT molecular complexity index is 1160. The number of rotatable bonds is 5. The number of nitrogens with one attached hydrogen (secondary N) is 1. The zero-order chi connectivity index (χ0) is 19.1. The predicted octanol–water partition coefficient (Wildman–Crippen LogP) is 4.53. The van der Waals surface area contributed by atoms with Gasteiger partial charge in [0.15, 0.2) is 5.76 Å². The van der Waals surface area contributed by atoms with Gasteiger partial charge in [-0.1, -0.05) is 11.6 Å². The summed E-state index contributed by atoms with van der Waals surface area (Å²) in [7, 11) is 0. The molecule has 0 saturated heterocycles. The van der Waals surface area contributed by atoms with E-state index in [1.807, 2.05) is 31.2 Å².